The Hall–Kier alpha value is -3.59. The van der Waals surface area contributed by atoms with Crippen LogP contribution in [0.1, 0.15) is 38.4 Å². The number of aryl methyl sites for hydroxylation is 2. The maximum Gasteiger partial charge on any atom is 0.416 e. The van der Waals surface area contributed by atoms with Gasteiger partial charge in [-0.2, -0.15) is 13.2 Å². The number of amides is 1. The molecule has 0 saturated heterocycles. The van der Waals surface area contributed by atoms with Gasteiger partial charge in [-0.25, -0.2) is 0 Å². The van der Waals surface area contributed by atoms with Crippen molar-refractivity contribution in [3.63, 3.8) is 0 Å². The molecule has 1 amide bonds. The summed E-state index contributed by atoms with van der Waals surface area (Å²) in [5.41, 5.74) is 3.32. The van der Waals surface area contributed by atoms with Crippen molar-refractivity contribution in [2.24, 2.45) is 0 Å². The number of carbonyl (C=O) groups excluding carboxylic acids is 1. The minimum atomic E-state index is -4.40. The Balaban J connectivity index is 1.55. The van der Waals surface area contributed by atoms with Crippen LogP contribution in [0.3, 0.4) is 0 Å². The van der Waals surface area contributed by atoms with Gasteiger partial charge in [0.2, 0.25) is 0 Å². The molecular formula is C26H23F3N4OS. The minimum absolute atomic E-state index is 0.137. The molecule has 9 heteroatoms. The highest BCUT2D eigenvalue weighted by atomic mass is 32.2. The number of nitrogens with one attached hydrogen (secondary N) is 1. The molecule has 0 saturated carbocycles. The van der Waals surface area contributed by atoms with E-state index in [1.165, 1.54) is 17.8 Å². The summed E-state index contributed by atoms with van der Waals surface area (Å²) in [6.07, 6.45) is -4.40. The second-order valence-electron chi connectivity index (χ2n) is 8.04. The quantitative estimate of drug-likeness (QED) is 0.313. The van der Waals surface area contributed by atoms with Gasteiger partial charge < -0.3 is 5.32 Å². The molecule has 0 aliphatic carbocycles. The lowest BCUT2D eigenvalue weighted by Gasteiger charge is -2.12. The Morgan fingerprint density at radius 3 is 2.43 bits per heavy atom. The fourth-order valence-corrected chi connectivity index (χ4v) is 4.39. The first-order valence-corrected chi connectivity index (χ1v) is 11.8. The molecule has 0 spiro atoms. The maximum absolute atomic E-state index is 13.1. The Labute approximate surface area is 205 Å². The molecule has 5 nitrogen and oxygen atoms in total. The highest BCUT2D eigenvalue weighted by molar-refractivity contribution is 7.98. The zero-order chi connectivity index (χ0) is 25.0. The summed E-state index contributed by atoms with van der Waals surface area (Å²) in [6.45, 7) is 4.07. The van der Waals surface area contributed by atoms with Crippen molar-refractivity contribution in [1.29, 1.82) is 0 Å². The fraction of sp³-hybridized carbons (Fsp3) is 0.192. The van der Waals surface area contributed by atoms with E-state index >= 15 is 0 Å². The van der Waals surface area contributed by atoms with Crippen LogP contribution in [-0.2, 0) is 18.5 Å². The van der Waals surface area contributed by atoms with Crippen LogP contribution in [0.5, 0.6) is 0 Å². The predicted molar refractivity (Wildman–Crippen MR) is 129 cm³/mol. The second-order valence-corrected chi connectivity index (χ2v) is 8.98. The zero-order valence-electron chi connectivity index (χ0n) is 19.1. The van der Waals surface area contributed by atoms with Crippen LogP contribution in [0.25, 0.3) is 5.69 Å². The molecule has 0 bridgehead atoms. The van der Waals surface area contributed by atoms with Gasteiger partial charge in [-0.3, -0.25) is 9.36 Å². The zero-order valence-corrected chi connectivity index (χ0v) is 20.0. The smallest absolute Gasteiger partial charge is 0.345 e. The molecule has 0 radical (unpaired) electrons. The van der Waals surface area contributed by atoms with Gasteiger partial charge >= 0.3 is 6.18 Å². The van der Waals surface area contributed by atoms with Crippen molar-refractivity contribution in [3.05, 3.63) is 106 Å². The fourth-order valence-electron chi connectivity index (χ4n) is 3.47. The molecule has 1 N–H and O–H groups in total. The first-order valence-electron chi connectivity index (χ1n) is 10.9. The number of alkyl halides is 3. The van der Waals surface area contributed by atoms with E-state index < -0.39 is 11.7 Å². The minimum Gasteiger partial charge on any atom is -0.345 e. The van der Waals surface area contributed by atoms with E-state index in [1.807, 2.05) is 56.3 Å². The van der Waals surface area contributed by atoms with Gasteiger partial charge in [0, 0.05) is 17.0 Å². The summed E-state index contributed by atoms with van der Waals surface area (Å²) in [6, 6.07) is 20.1. The number of aromatic nitrogens is 3. The summed E-state index contributed by atoms with van der Waals surface area (Å²) in [4.78, 5) is 12.7. The summed E-state index contributed by atoms with van der Waals surface area (Å²) < 4.78 is 41.0. The second kappa shape index (κ2) is 10.4. The number of hydrogen-bond donors (Lipinski definition) is 1. The average molecular weight is 497 g/mol. The number of benzene rings is 3. The number of para-hydroxylation sites is 1. The van der Waals surface area contributed by atoms with Gasteiger partial charge in [0.25, 0.3) is 5.91 Å². The van der Waals surface area contributed by atoms with Crippen molar-refractivity contribution in [3.8, 4) is 5.69 Å². The standard InChI is InChI=1S/C26H23F3N4OS/c1-17-11-12-20(13-18(17)2)24(34)30-15-23-31-32-25(33(23)22-9-4-3-5-10-22)35-16-19-7-6-8-21(14-19)26(27,28)29/h3-14H,15-16H2,1-2H3,(H,30,34). The SMILES string of the molecule is Cc1ccc(C(=O)NCc2nnc(SCc3cccc(C(F)(F)F)c3)n2-c2ccccc2)cc1C. The van der Waals surface area contributed by atoms with Crippen LogP contribution < -0.4 is 5.32 Å². The van der Waals surface area contributed by atoms with Crippen molar-refractivity contribution >= 4 is 17.7 Å². The van der Waals surface area contributed by atoms with Crippen LogP contribution in [0, 0.1) is 13.8 Å². The number of halogens is 3. The van der Waals surface area contributed by atoms with E-state index in [-0.39, 0.29) is 18.2 Å². The number of nitrogens with zero attached hydrogens (tertiary/aromatic N) is 3. The van der Waals surface area contributed by atoms with E-state index in [4.69, 9.17) is 0 Å². The highest BCUT2D eigenvalue weighted by Crippen LogP contribution is 2.31. The first-order chi connectivity index (χ1) is 16.7. The number of hydrogen-bond acceptors (Lipinski definition) is 4. The van der Waals surface area contributed by atoms with E-state index in [0.29, 0.717) is 22.1 Å². The Morgan fingerprint density at radius 2 is 1.71 bits per heavy atom. The third-order valence-corrected chi connectivity index (χ3v) is 6.51. The van der Waals surface area contributed by atoms with Crippen LogP contribution in [0.15, 0.2) is 78.0 Å². The van der Waals surface area contributed by atoms with Crippen LogP contribution in [0.4, 0.5) is 13.2 Å². The molecule has 1 aromatic heterocycles. The van der Waals surface area contributed by atoms with E-state index in [1.54, 1.807) is 16.7 Å². The summed E-state index contributed by atoms with van der Waals surface area (Å²) >= 11 is 1.28. The molecule has 35 heavy (non-hydrogen) atoms. The molecular weight excluding hydrogens is 473 g/mol. The molecule has 0 atom stereocenters. The van der Waals surface area contributed by atoms with E-state index in [0.717, 1.165) is 28.9 Å². The van der Waals surface area contributed by atoms with Gasteiger partial charge in [-0.05, 0) is 60.9 Å². The lowest BCUT2D eigenvalue weighted by Crippen LogP contribution is -2.24. The van der Waals surface area contributed by atoms with Crippen LogP contribution >= 0.6 is 11.8 Å². The Kier molecular flexibility index (Phi) is 7.25. The highest BCUT2D eigenvalue weighted by Gasteiger charge is 2.30. The van der Waals surface area contributed by atoms with E-state index in [9.17, 15) is 18.0 Å². The van der Waals surface area contributed by atoms with Crippen molar-refractivity contribution in [2.75, 3.05) is 0 Å². The maximum atomic E-state index is 13.1. The van der Waals surface area contributed by atoms with Crippen molar-refractivity contribution in [2.45, 2.75) is 37.5 Å². The molecule has 4 aromatic rings. The summed E-state index contributed by atoms with van der Waals surface area (Å²) in [7, 11) is 0. The number of thioether (sulfide) groups is 1. The summed E-state index contributed by atoms with van der Waals surface area (Å²) in [5.74, 6) is 0.568. The predicted octanol–water partition coefficient (Wildman–Crippen LogP) is 6.13. The molecule has 0 aliphatic rings. The summed E-state index contributed by atoms with van der Waals surface area (Å²) in [5, 5.41) is 11.9. The van der Waals surface area contributed by atoms with Gasteiger partial charge in [-0.15, -0.1) is 10.2 Å². The van der Waals surface area contributed by atoms with Gasteiger partial charge in [0.1, 0.15) is 0 Å². The molecule has 0 aliphatic heterocycles. The third kappa shape index (κ3) is 5.92. The average Bonchev–Trinajstić information content (AvgIpc) is 3.26. The largest absolute Gasteiger partial charge is 0.416 e. The van der Waals surface area contributed by atoms with Gasteiger partial charge in [-0.1, -0.05) is 54.2 Å². The normalized spacial score (nSPS) is 11.5. The van der Waals surface area contributed by atoms with Crippen LogP contribution in [-0.4, -0.2) is 20.7 Å². The Morgan fingerprint density at radius 1 is 0.943 bits per heavy atom. The lowest BCUT2D eigenvalue weighted by atomic mass is 10.1. The van der Waals surface area contributed by atoms with Gasteiger partial charge in [0.05, 0.1) is 12.1 Å². The molecule has 0 fully saturated rings. The molecule has 180 valence electrons. The Bertz CT molecular complexity index is 1340. The monoisotopic (exact) mass is 496 g/mol. The topological polar surface area (TPSA) is 59.8 Å². The molecule has 0 unspecified atom stereocenters. The van der Waals surface area contributed by atoms with Crippen molar-refractivity contribution < 1.29 is 18.0 Å². The van der Waals surface area contributed by atoms with Crippen LogP contribution in [0.2, 0.25) is 0 Å². The molecule has 4 rings (SSSR count). The molecule has 1 heterocycles. The van der Waals surface area contributed by atoms with E-state index in [2.05, 4.69) is 15.5 Å². The number of rotatable bonds is 7. The first kappa shape index (κ1) is 24.5. The molecule has 3 aromatic carbocycles. The van der Waals surface area contributed by atoms with Gasteiger partial charge in [0.15, 0.2) is 11.0 Å². The van der Waals surface area contributed by atoms with Crippen molar-refractivity contribution in [1.82, 2.24) is 20.1 Å². The lowest BCUT2D eigenvalue weighted by molar-refractivity contribution is -0.137. The third-order valence-electron chi connectivity index (χ3n) is 5.51. The number of carbonyl (C=O) groups is 1.